The van der Waals surface area contributed by atoms with Gasteiger partial charge >= 0.3 is 0 Å². The van der Waals surface area contributed by atoms with Crippen LogP contribution < -0.4 is 5.32 Å². The normalized spacial score (nSPS) is 15.2. The lowest BCUT2D eigenvalue weighted by Gasteiger charge is -2.24. The van der Waals surface area contributed by atoms with Crippen LogP contribution in [0.4, 0.5) is 5.69 Å². The highest BCUT2D eigenvalue weighted by Gasteiger charge is 2.20. The fourth-order valence-electron chi connectivity index (χ4n) is 1.82. The number of benzene rings is 1. The second-order valence-electron chi connectivity index (χ2n) is 4.29. The van der Waals surface area contributed by atoms with Gasteiger partial charge in [0.25, 0.3) is 0 Å². The van der Waals surface area contributed by atoms with Crippen LogP contribution in [0.2, 0.25) is 0 Å². The monoisotopic (exact) mass is 217 g/mol. The molecule has 0 unspecified atom stereocenters. The number of carbonyl (C=O) groups excluding carboxylic acids is 2. The molecule has 0 spiro atoms. The zero-order chi connectivity index (χ0) is 11.4. The number of rotatable bonds is 4. The van der Waals surface area contributed by atoms with E-state index in [0.29, 0.717) is 17.9 Å². The number of hydrogen-bond donors (Lipinski definition) is 1. The molecule has 1 aromatic carbocycles. The second kappa shape index (κ2) is 4.92. The van der Waals surface area contributed by atoms with E-state index >= 15 is 0 Å². The molecule has 16 heavy (non-hydrogen) atoms. The molecule has 1 amide bonds. The maximum atomic E-state index is 11.6. The van der Waals surface area contributed by atoms with Crippen LogP contribution in [-0.4, -0.2) is 12.2 Å². The van der Waals surface area contributed by atoms with Crippen LogP contribution in [0.3, 0.4) is 0 Å². The Labute approximate surface area is 94.9 Å². The summed E-state index contributed by atoms with van der Waals surface area (Å²) in [4.78, 5) is 22.0. The minimum Gasteiger partial charge on any atom is -0.326 e. The van der Waals surface area contributed by atoms with Gasteiger partial charge in [-0.15, -0.1) is 0 Å². The van der Waals surface area contributed by atoms with E-state index in [1.165, 1.54) is 19.3 Å². The van der Waals surface area contributed by atoms with Crippen molar-refractivity contribution in [3.05, 3.63) is 29.8 Å². The van der Waals surface area contributed by atoms with Crippen LogP contribution in [0.15, 0.2) is 24.3 Å². The third-order valence-corrected chi connectivity index (χ3v) is 3.03. The highest BCUT2D eigenvalue weighted by atomic mass is 16.1. The first kappa shape index (κ1) is 10.9. The van der Waals surface area contributed by atoms with Gasteiger partial charge in [0.05, 0.1) is 0 Å². The van der Waals surface area contributed by atoms with E-state index in [0.717, 1.165) is 12.0 Å². The van der Waals surface area contributed by atoms with Crippen molar-refractivity contribution in [3.63, 3.8) is 0 Å². The summed E-state index contributed by atoms with van der Waals surface area (Å²) in [6.45, 7) is 0. The number of carbonyl (C=O) groups is 2. The lowest BCUT2D eigenvalue weighted by molar-refractivity contribution is -0.117. The topological polar surface area (TPSA) is 46.2 Å². The average molecular weight is 217 g/mol. The van der Waals surface area contributed by atoms with E-state index in [9.17, 15) is 9.59 Å². The van der Waals surface area contributed by atoms with E-state index in [-0.39, 0.29) is 5.91 Å². The molecule has 0 radical (unpaired) electrons. The molecule has 0 bridgehead atoms. The highest BCUT2D eigenvalue weighted by molar-refractivity contribution is 5.91. The van der Waals surface area contributed by atoms with Crippen molar-refractivity contribution in [3.8, 4) is 0 Å². The van der Waals surface area contributed by atoms with Gasteiger partial charge in [0, 0.05) is 17.7 Å². The van der Waals surface area contributed by atoms with Crippen LogP contribution in [-0.2, 0) is 4.79 Å². The Kier molecular flexibility index (Phi) is 3.34. The molecule has 3 heteroatoms. The molecular weight excluding hydrogens is 202 g/mol. The van der Waals surface area contributed by atoms with Gasteiger partial charge in [0.15, 0.2) is 0 Å². The molecule has 1 fully saturated rings. The maximum absolute atomic E-state index is 11.6. The van der Waals surface area contributed by atoms with Crippen molar-refractivity contribution in [1.82, 2.24) is 0 Å². The third-order valence-electron chi connectivity index (χ3n) is 3.03. The fraction of sp³-hybridized carbons (Fsp3) is 0.385. The molecule has 84 valence electrons. The number of nitrogens with one attached hydrogen (secondary N) is 1. The molecule has 0 aliphatic heterocycles. The fourth-order valence-corrected chi connectivity index (χ4v) is 1.82. The van der Waals surface area contributed by atoms with Crippen LogP contribution in [0.5, 0.6) is 0 Å². The standard InChI is InChI=1S/C13H15NO2/c15-9-11-4-6-12(7-5-11)14-13(16)8-10-2-1-3-10/h4-7,9-10H,1-3,8H2,(H,14,16). The Morgan fingerprint density at radius 3 is 2.50 bits per heavy atom. The number of aldehydes is 1. The molecule has 0 atom stereocenters. The lowest BCUT2D eigenvalue weighted by Crippen LogP contribution is -2.20. The van der Waals surface area contributed by atoms with Gasteiger partial charge in [0.1, 0.15) is 6.29 Å². The van der Waals surface area contributed by atoms with Gasteiger partial charge in [0.2, 0.25) is 5.91 Å². The van der Waals surface area contributed by atoms with Gasteiger partial charge in [-0.3, -0.25) is 9.59 Å². The summed E-state index contributed by atoms with van der Waals surface area (Å²) in [6, 6.07) is 6.91. The predicted molar refractivity (Wildman–Crippen MR) is 62.4 cm³/mol. The average Bonchev–Trinajstić information content (AvgIpc) is 2.25. The van der Waals surface area contributed by atoms with Gasteiger partial charge in [-0.05, 0) is 43.0 Å². The van der Waals surface area contributed by atoms with Crippen LogP contribution in [0.25, 0.3) is 0 Å². The summed E-state index contributed by atoms with van der Waals surface area (Å²) in [5.41, 5.74) is 1.38. The highest BCUT2D eigenvalue weighted by Crippen LogP contribution is 2.29. The molecule has 0 saturated heterocycles. The van der Waals surface area contributed by atoms with E-state index in [1.807, 2.05) is 0 Å². The molecule has 2 rings (SSSR count). The third kappa shape index (κ3) is 2.69. The first-order chi connectivity index (χ1) is 7.78. The summed E-state index contributed by atoms with van der Waals surface area (Å²) in [6.07, 6.45) is 5.02. The smallest absolute Gasteiger partial charge is 0.224 e. The Morgan fingerprint density at radius 1 is 1.31 bits per heavy atom. The van der Waals surface area contributed by atoms with E-state index in [4.69, 9.17) is 0 Å². The molecule has 1 aliphatic carbocycles. The molecule has 1 aliphatic rings. The molecular formula is C13H15NO2. The number of hydrogen-bond acceptors (Lipinski definition) is 2. The van der Waals surface area contributed by atoms with Crippen LogP contribution in [0, 0.1) is 5.92 Å². The minimum atomic E-state index is 0.0727. The molecule has 0 aromatic heterocycles. The Morgan fingerprint density at radius 2 is 2.00 bits per heavy atom. The first-order valence-corrected chi connectivity index (χ1v) is 5.63. The molecule has 1 aromatic rings. The van der Waals surface area contributed by atoms with E-state index in [2.05, 4.69) is 5.32 Å². The summed E-state index contributed by atoms with van der Waals surface area (Å²) in [7, 11) is 0. The summed E-state index contributed by atoms with van der Waals surface area (Å²) in [5.74, 6) is 0.651. The van der Waals surface area contributed by atoms with Crippen molar-refractivity contribution in [2.24, 2.45) is 5.92 Å². The predicted octanol–water partition coefficient (Wildman–Crippen LogP) is 2.63. The quantitative estimate of drug-likeness (QED) is 0.788. The zero-order valence-electron chi connectivity index (χ0n) is 9.11. The largest absolute Gasteiger partial charge is 0.326 e. The van der Waals surface area contributed by atoms with Crippen molar-refractivity contribution in [2.45, 2.75) is 25.7 Å². The minimum absolute atomic E-state index is 0.0727. The zero-order valence-corrected chi connectivity index (χ0v) is 9.11. The Balaban J connectivity index is 1.87. The van der Waals surface area contributed by atoms with Crippen molar-refractivity contribution in [2.75, 3.05) is 5.32 Å². The van der Waals surface area contributed by atoms with Crippen molar-refractivity contribution in [1.29, 1.82) is 0 Å². The van der Waals surface area contributed by atoms with Gasteiger partial charge < -0.3 is 5.32 Å². The number of amides is 1. The molecule has 3 nitrogen and oxygen atoms in total. The molecule has 1 saturated carbocycles. The first-order valence-electron chi connectivity index (χ1n) is 5.63. The summed E-state index contributed by atoms with van der Waals surface area (Å²) in [5, 5.41) is 2.84. The van der Waals surface area contributed by atoms with Gasteiger partial charge in [-0.1, -0.05) is 6.42 Å². The van der Waals surface area contributed by atoms with Crippen LogP contribution in [0.1, 0.15) is 36.0 Å². The van der Waals surface area contributed by atoms with Gasteiger partial charge in [-0.25, -0.2) is 0 Å². The molecule has 0 heterocycles. The summed E-state index contributed by atoms with van der Waals surface area (Å²) < 4.78 is 0. The van der Waals surface area contributed by atoms with E-state index in [1.54, 1.807) is 24.3 Å². The lowest BCUT2D eigenvalue weighted by atomic mass is 9.83. The van der Waals surface area contributed by atoms with Gasteiger partial charge in [-0.2, -0.15) is 0 Å². The Bertz CT molecular complexity index is 379. The second-order valence-corrected chi connectivity index (χ2v) is 4.29. The summed E-state index contributed by atoms with van der Waals surface area (Å²) >= 11 is 0. The van der Waals surface area contributed by atoms with Crippen LogP contribution >= 0.6 is 0 Å². The van der Waals surface area contributed by atoms with Crippen molar-refractivity contribution >= 4 is 17.9 Å². The maximum Gasteiger partial charge on any atom is 0.224 e. The Hall–Kier alpha value is -1.64. The van der Waals surface area contributed by atoms with Crippen molar-refractivity contribution < 1.29 is 9.59 Å². The SMILES string of the molecule is O=Cc1ccc(NC(=O)CC2CCC2)cc1. The van der Waals surface area contributed by atoms with E-state index < -0.39 is 0 Å². The number of anilines is 1. The molecule has 1 N–H and O–H groups in total.